The van der Waals surface area contributed by atoms with Gasteiger partial charge in [-0.15, -0.1) is 0 Å². The molecule has 0 aromatic carbocycles. The summed E-state index contributed by atoms with van der Waals surface area (Å²) in [7, 11) is 2.08. The van der Waals surface area contributed by atoms with Gasteiger partial charge < -0.3 is 12.5 Å². The minimum absolute atomic E-state index is 0.598. The first-order valence-electron chi connectivity index (χ1n) is 3.23. The highest BCUT2D eigenvalue weighted by atomic mass is 27.2. The van der Waals surface area contributed by atoms with Gasteiger partial charge in [0.1, 0.15) is 0 Å². The minimum atomic E-state index is -0.598. The van der Waals surface area contributed by atoms with Crippen molar-refractivity contribution in [3.63, 3.8) is 0 Å². The summed E-state index contributed by atoms with van der Waals surface area (Å²) in [5.41, 5.74) is 0. The molecular formula is C5H12AlNO2. The Hall–Kier alpha value is 0.412. The molecule has 1 heterocycles. The van der Waals surface area contributed by atoms with E-state index in [-0.39, 0.29) is 0 Å². The number of hydrogen-bond acceptors (Lipinski definition) is 3. The standard InChI is InChI=1S/C5H11NO2.Al.H/c1-6(2-4-7)3-5-8;;/h2-5H2,1H3;;/q-2;+2;. The first-order chi connectivity index (χ1) is 4.39. The zero-order chi connectivity index (χ0) is 6.53. The van der Waals surface area contributed by atoms with Crippen LogP contribution in [0.2, 0.25) is 0 Å². The van der Waals surface area contributed by atoms with E-state index in [0.717, 1.165) is 26.3 Å². The molecule has 1 aliphatic rings. The Balaban J connectivity index is 2.12. The van der Waals surface area contributed by atoms with Gasteiger partial charge in [0.05, 0.1) is 0 Å². The molecule has 9 heavy (non-hydrogen) atoms. The van der Waals surface area contributed by atoms with Crippen molar-refractivity contribution in [2.45, 2.75) is 0 Å². The van der Waals surface area contributed by atoms with Crippen molar-refractivity contribution in [2.24, 2.45) is 0 Å². The highest BCUT2D eigenvalue weighted by Crippen LogP contribution is 1.87. The summed E-state index contributed by atoms with van der Waals surface area (Å²) in [6, 6.07) is 0. The molecule has 0 N–H and O–H groups in total. The second kappa shape index (κ2) is 4.26. The molecule has 3 nitrogen and oxygen atoms in total. The maximum atomic E-state index is 5.22. The van der Waals surface area contributed by atoms with Crippen molar-refractivity contribution in [1.29, 1.82) is 0 Å². The summed E-state index contributed by atoms with van der Waals surface area (Å²) in [4.78, 5) is 2.22. The second-order valence-electron chi connectivity index (χ2n) is 2.24. The molecule has 4 heteroatoms. The van der Waals surface area contributed by atoms with Crippen molar-refractivity contribution in [1.82, 2.24) is 4.90 Å². The number of likely N-dealkylation sites (N-methyl/N-ethyl adjacent to an activating group) is 1. The largest absolute Gasteiger partial charge is 0.649 e. The zero-order valence-electron chi connectivity index (χ0n) is 5.80. The topological polar surface area (TPSA) is 21.7 Å². The van der Waals surface area contributed by atoms with Crippen molar-refractivity contribution in [2.75, 3.05) is 33.4 Å². The normalized spacial score (nSPS) is 24.1. The smallest absolute Gasteiger partial charge is 0.480 e. The fourth-order valence-corrected chi connectivity index (χ4v) is 1.34. The predicted molar refractivity (Wildman–Crippen MR) is 36.5 cm³/mol. The molecule has 0 unspecified atom stereocenters. The Labute approximate surface area is 62.3 Å². The van der Waals surface area contributed by atoms with E-state index in [4.69, 9.17) is 7.58 Å². The summed E-state index contributed by atoms with van der Waals surface area (Å²) in [5, 5.41) is 0. The van der Waals surface area contributed by atoms with E-state index in [1.165, 1.54) is 0 Å². The second-order valence-corrected chi connectivity index (χ2v) is 3.29. The average Bonchev–Trinajstić information content (AvgIpc) is 1.79. The van der Waals surface area contributed by atoms with Crippen LogP contribution in [0.5, 0.6) is 0 Å². The number of nitrogens with zero attached hydrogens (tertiary/aromatic N) is 1. The molecule has 0 aromatic rings. The molecule has 1 fully saturated rings. The molecule has 0 atom stereocenters. The molecule has 1 rings (SSSR count). The molecule has 0 spiro atoms. The van der Waals surface area contributed by atoms with Gasteiger partial charge in [-0.05, 0) is 7.05 Å². The highest BCUT2D eigenvalue weighted by molar-refractivity contribution is 6.17. The SMILES string of the molecule is CN1CC[O][AlH][O]CC1. The Morgan fingerprint density at radius 3 is 2.33 bits per heavy atom. The van der Waals surface area contributed by atoms with Gasteiger partial charge in [-0.3, -0.25) is 0 Å². The van der Waals surface area contributed by atoms with E-state index in [0.29, 0.717) is 0 Å². The predicted octanol–water partition coefficient (Wildman–Crippen LogP) is -0.769. The van der Waals surface area contributed by atoms with Gasteiger partial charge in [-0.1, -0.05) is 0 Å². The van der Waals surface area contributed by atoms with Gasteiger partial charge in [0.25, 0.3) is 0 Å². The molecule has 0 amide bonds. The summed E-state index contributed by atoms with van der Waals surface area (Å²) in [5.74, 6) is 0. The molecule has 0 bridgehead atoms. The Bertz CT molecular complexity index is 73.4. The summed E-state index contributed by atoms with van der Waals surface area (Å²) < 4.78 is 10.4. The van der Waals surface area contributed by atoms with E-state index in [1.54, 1.807) is 0 Å². The third-order valence-electron chi connectivity index (χ3n) is 1.40. The molecule has 1 aliphatic heterocycles. The van der Waals surface area contributed by atoms with E-state index in [2.05, 4.69) is 11.9 Å². The Morgan fingerprint density at radius 2 is 1.78 bits per heavy atom. The third-order valence-corrected chi connectivity index (χ3v) is 2.31. The zero-order valence-corrected chi connectivity index (χ0v) is 7.21. The van der Waals surface area contributed by atoms with Gasteiger partial charge >= 0.3 is 15.9 Å². The lowest BCUT2D eigenvalue weighted by Crippen LogP contribution is -2.31. The Morgan fingerprint density at radius 1 is 1.22 bits per heavy atom. The molecular weight excluding hydrogens is 133 g/mol. The fourth-order valence-electron chi connectivity index (χ4n) is 0.729. The Kier molecular flexibility index (Phi) is 3.56. The van der Waals surface area contributed by atoms with Gasteiger partial charge in [0.2, 0.25) is 0 Å². The minimum Gasteiger partial charge on any atom is -0.480 e. The van der Waals surface area contributed by atoms with Crippen LogP contribution in [0.25, 0.3) is 0 Å². The van der Waals surface area contributed by atoms with Crippen molar-refractivity contribution < 1.29 is 7.58 Å². The molecule has 1 saturated heterocycles. The molecule has 0 saturated carbocycles. The molecule has 0 aromatic heterocycles. The average molecular weight is 145 g/mol. The summed E-state index contributed by atoms with van der Waals surface area (Å²) in [6.45, 7) is 3.80. The fraction of sp³-hybridized carbons (Fsp3) is 1.00. The molecule has 0 radical (unpaired) electrons. The van der Waals surface area contributed by atoms with Crippen LogP contribution < -0.4 is 0 Å². The lowest BCUT2D eigenvalue weighted by atomic mass is 10.5. The van der Waals surface area contributed by atoms with Crippen LogP contribution in [0.3, 0.4) is 0 Å². The van der Waals surface area contributed by atoms with Crippen LogP contribution in [0.4, 0.5) is 0 Å². The van der Waals surface area contributed by atoms with E-state index >= 15 is 0 Å². The van der Waals surface area contributed by atoms with Crippen molar-refractivity contribution in [3.05, 3.63) is 0 Å². The molecule has 0 aliphatic carbocycles. The van der Waals surface area contributed by atoms with Gasteiger partial charge in [0, 0.05) is 26.3 Å². The van der Waals surface area contributed by atoms with Crippen molar-refractivity contribution >= 4 is 15.9 Å². The van der Waals surface area contributed by atoms with E-state index in [9.17, 15) is 0 Å². The third kappa shape index (κ3) is 3.19. The van der Waals surface area contributed by atoms with Gasteiger partial charge in [-0.2, -0.15) is 0 Å². The van der Waals surface area contributed by atoms with Crippen LogP contribution in [0.1, 0.15) is 0 Å². The maximum Gasteiger partial charge on any atom is 0.649 e. The van der Waals surface area contributed by atoms with Crippen LogP contribution in [0, 0.1) is 0 Å². The van der Waals surface area contributed by atoms with Crippen molar-refractivity contribution in [3.8, 4) is 0 Å². The summed E-state index contributed by atoms with van der Waals surface area (Å²) in [6.07, 6.45) is 0. The highest BCUT2D eigenvalue weighted by Gasteiger charge is 2.04. The van der Waals surface area contributed by atoms with E-state index < -0.39 is 15.9 Å². The van der Waals surface area contributed by atoms with Crippen LogP contribution in [-0.4, -0.2) is 54.1 Å². The lowest BCUT2D eigenvalue weighted by molar-refractivity contribution is 0.141. The van der Waals surface area contributed by atoms with Gasteiger partial charge in [-0.25, -0.2) is 0 Å². The first kappa shape index (κ1) is 7.52. The maximum absolute atomic E-state index is 5.22. The van der Waals surface area contributed by atoms with E-state index in [1.807, 2.05) is 0 Å². The van der Waals surface area contributed by atoms with Crippen LogP contribution in [-0.2, 0) is 7.58 Å². The number of rotatable bonds is 0. The first-order valence-corrected chi connectivity index (χ1v) is 4.39. The van der Waals surface area contributed by atoms with Crippen LogP contribution in [0.15, 0.2) is 0 Å². The lowest BCUT2D eigenvalue weighted by Gasteiger charge is -2.19. The molecule has 52 valence electrons. The monoisotopic (exact) mass is 145 g/mol. The quantitative estimate of drug-likeness (QED) is 0.418. The number of hydrogen-bond donors (Lipinski definition) is 0. The summed E-state index contributed by atoms with van der Waals surface area (Å²) >= 11 is -0.598. The van der Waals surface area contributed by atoms with Crippen LogP contribution >= 0.6 is 0 Å². The van der Waals surface area contributed by atoms with Gasteiger partial charge in [0.15, 0.2) is 0 Å².